The Morgan fingerprint density at radius 1 is 0.806 bits per heavy atom. The third-order valence-electron chi connectivity index (χ3n) is 4.84. The van der Waals surface area contributed by atoms with Crippen molar-refractivity contribution in [3.63, 3.8) is 0 Å². The maximum atomic E-state index is 5.40. The van der Waals surface area contributed by atoms with E-state index in [1.165, 1.54) is 5.69 Å². The van der Waals surface area contributed by atoms with E-state index in [1.54, 1.807) is 39.7 Å². The lowest BCUT2D eigenvalue weighted by Gasteiger charge is -2.21. The normalized spacial score (nSPS) is 10.4. The van der Waals surface area contributed by atoms with Gasteiger partial charge < -0.3 is 29.7 Å². The molecular weight excluding hydrogens is 394 g/mol. The molecule has 8 nitrogen and oxygen atoms in total. The molecule has 1 aromatic heterocycles. The number of nitrogens with zero attached hydrogens (tertiary/aromatic N) is 3. The van der Waals surface area contributed by atoms with Crippen molar-refractivity contribution in [3.8, 4) is 17.2 Å². The number of rotatable bonds is 10. The highest BCUT2D eigenvalue weighted by Gasteiger charge is 2.14. The van der Waals surface area contributed by atoms with Crippen LogP contribution in [0, 0.1) is 0 Å². The van der Waals surface area contributed by atoms with Crippen LogP contribution in [-0.4, -0.2) is 44.4 Å². The van der Waals surface area contributed by atoms with E-state index in [-0.39, 0.29) is 0 Å². The van der Waals surface area contributed by atoms with Crippen molar-refractivity contribution < 1.29 is 14.2 Å². The fourth-order valence-electron chi connectivity index (χ4n) is 3.26. The van der Waals surface area contributed by atoms with Crippen molar-refractivity contribution in [1.29, 1.82) is 0 Å². The second-order valence-electron chi connectivity index (χ2n) is 6.65. The minimum Gasteiger partial charge on any atom is -0.493 e. The Labute approximate surface area is 183 Å². The molecule has 0 fully saturated rings. The lowest BCUT2D eigenvalue weighted by atomic mass is 10.2. The van der Waals surface area contributed by atoms with Gasteiger partial charge in [0.1, 0.15) is 5.82 Å². The van der Waals surface area contributed by atoms with Crippen LogP contribution in [0.1, 0.15) is 13.8 Å². The van der Waals surface area contributed by atoms with Gasteiger partial charge in [-0.15, -0.1) is 0 Å². The van der Waals surface area contributed by atoms with Gasteiger partial charge in [-0.1, -0.05) is 0 Å². The van der Waals surface area contributed by atoms with E-state index in [0.717, 1.165) is 24.5 Å². The maximum Gasteiger partial charge on any atom is 0.229 e. The van der Waals surface area contributed by atoms with Crippen LogP contribution in [0.25, 0.3) is 0 Å². The quantitative estimate of drug-likeness (QED) is 0.480. The molecule has 0 aliphatic carbocycles. The number of anilines is 5. The van der Waals surface area contributed by atoms with Gasteiger partial charge in [0, 0.05) is 48.5 Å². The zero-order chi connectivity index (χ0) is 22.2. The molecule has 2 aromatic carbocycles. The maximum absolute atomic E-state index is 5.40. The third-order valence-corrected chi connectivity index (χ3v) is 4.84. The van der Waals surface area contributed by atoms with E-state index < -0.39 is 0 Å². The fraction of sp³-hybridized carbons (Fsp3) is 0.304. The second-order valence-corrected chi connectivity index (χ2v) is 6.65. The van der Waals surface area contributed by atoms with Crippen molar-refractivity contribution in [2.75, 3.05) is 50.0 Å². The highest BCUT2D eigenvalue weighted by molar-refractivity contribution is 5.67. The number of hydrogen-bond donors (Lipinski definition) is 2. The minimum absolute atomic E-state index is 0.444. The topological polar surface area (TPSA) is 80.8 Å². The van der Waals surface area contributed by atoms with Crippen LogP contribution in [0.15, 0.2) is 48.7 Å². The van der Waals surface area contributed by atoms with Gasteiger partial charge in [0.2, 0.25) is 11.7 Å². The molecule has 0 aliphatic rings. The fourth-order valence-corrected chi connectivity index (χ4v) is 3.26. The molecule has 0 unspecified atom stereocenters. The van der Waals surface area contributed by atoms with E-state index in [0.29, 0.717) is 29.0 Å². The summed E-state index contributed by atoms with van der Waals surface area (Å²) in [6.07, 6.45) is 1.69. The Morgan fingerprint density at radius 3 is 2.00 bits per heavy atom. The number of methoxy groups -OCH3 is 3. The first kappa shape index (κ1) is 22.0. The molecule has 0 radical (unpaired) electrons. The summed E-state index contributed by atoms with van der Waals surface area (Å²) in [4.78, 5) is 11.2. The van der Waals surface area contributed by atoms with E-state index in [4.69, 9.17) is 14.2 Å². The van der Waals surface area contributed by atoms with Crippen molar-refractivity contribution in [2.45, 2.75) is 13.8 Å². The van der Waals surface area contributed by atoms with Crippen LogP contribution in [0.3, 0.4) is 0 Å². The SMILES string of the molecule is CCN(CC)c1ccc(Nc2ccnc(Nc3cc(OC)c(OC)c(OC)c3)n2)cc1. The largest absolute Gasteiger partial charge is 0.493 e. The first-order valence-corrected chi connectivity index (χ1v) is 10.1. The number of benzene rings is 2. The number of ether oxygens (including phenoxy) is 3. The summed E-state index contributed by atoms with van der Waals surface area (Å²) in [5.41, 5.74) is 2.87. The molecule has 3 aromatic rings. The van der Waals surface area contributed by atoms with Gasteiger partial charge in [0.05, 0.1) is 21.3 Å². The van der Waals surface area contributed by atoms with Gasteiger partial charge in [-0.05, 0) is 44.2 Å². The van der Waals surface area contributed by atoms with Gasteiger partial charge in [-0.3, -0.25) is 0 Å². The van der Waals surface area contributed by atoms with Crippen LogP contribution < -0.4 is 29.7 Å². The Balaban J connectivity index is 1.76. The Hall–Kier alpha value is -3.68. The lowest BCUT2D eigenvalue weighted by molar-refractivity contribution is 0.324. The number of aromatic nitrogens is 2. The Bertz CT molecular complexity index is 966. The Kier molecular flexibility index (Phi) is 7.37. The standard InChI is InChI=1S/C23H29N5O3/c1-6-28(7-2)18-10-8-16(9-11-18)25-21-12-13-24-23(27-21)26-17-14-19(29-3)22(31-5)20(15-17)30-4/h8-15H,6-7H2,1-5H3,(H2,24,25,26,27). The monoisotopic (exact) mass is 423 g/mol. The summed E-state index contributed by atoms with van der Waals surface area (Å²) in [7, 11) is 4.72. The van der Waals surface area contributed by atoms with Crippen molar-refractivity contribution in [2.24, 2.45) is 0 Å². The molecule has 0 aliphatic heterocycles. The van der Waals surface area contributed by atoms with Crippen LogP contribution in [0.4, 0.5) is 28.8 Å². The minimum atomic E-state index is 0.444. The van der Waals surface area contributed by atoms with Gasteiger partial charge in [-0.25, -0.2) is 4.98 Å². The highest BCUT2D eigenvalue weighted by atomic mass is 16.5. The molecule has 164 valence electrons. The average molecular weight is 424 g/mol. The van der Waals surface area contributed by atoms with Gasteiger partial charge in [0.25, 0.3) is 0 Å². The summed E-state index contributed by atoms with van der Waals surface area (Å²) in [6.45, 7) is 6.26. The van der Waals surface area contributed by atoms with Gasteiger partial charge in [0.15, 0.2) is 11.5 Å². The molecule has 0 atom stereocenters. The number of hydrogen-bond acceptors (Lipinski definition) is 8. The molecule has 8 heteroatoms. The van der Waals surface area contributed by atoms with Crippen LogP contribution >= 0.6 is 0 Å². The molecule has 3 rings (SSSR count). The molecule has 0 amide bonds. The first-order valence-electron chi connectivity index (χ1n) is 10.1. The van der Waals surface area contributed by atoms with E-state index in [9.17, 15) is 0 Å². The van der Waals surface area contributed by atoms with Crippen LogP contribution in [0.5, 0.6) is 17.2 Å². The first-order chi connectivity index (χ1) is 15.1. The van der Waals surface area contributed by atoms with Crippen molar-refractivity contribution in [3.05, 3.63) is 48.7 Å². The average Bonchev–Trinajstić information content (AvgIpc) is 2.80. The summed E-state index contributed by atoms with van der Waals surface area (Å²) in [6, 6.07) is 13.7. The molecule has 1 heterocycles. The summed E-state index contributed by atoms with van der Waals surface area (Å²) < 4.78 is 16.2. The van der Waals surface area contributed by atoms with Crippen LogP contribution in [-0.2, 0) is 0 Å². The zero-order valence-corrected chi connectivity index (χ0v) is 18.6. The molecule has 2 N–H and O–H groups in total. The summed E-state index contributed by atoms with van der Waals surface area (Å²) in [5.74, 6) is 2.75. The van der Waals surface area contributed by atoms with E-state index in [1.807, 2.05) is 18.2 Å². The van der Waals surface area contributed by atoms with Crippen molar-refractivity contribution in [1.82, 2.24) is 9.97 Å². The van der Waals surface area contributed by atoms with Gasteiger partial charge in [-0.2, -0.15) is 4.98 Å². The summed E-state index contributed by atoms with van der Waals surface area (Å²) in [5, 5.41) is 6.50. The molecule has 0 bridgehead atoms. The summed E-state index contributed by atoms with van der Waals surface area (Å²) >= 11 is 0. The number of nitrogens with one attached hydrogen (secondary N) is 2. The van der Waals surface area contributed by atoms with E-state index >= 15 is 0 Å². The van der Waals surface area contributed by atoms with Crippen LogP contribution in [0.2, 0.25) is 0 Å². The molecular formula is C23H29N5O3. The third kappa shape index (κ3) is 5.28. The molecule has 0 spiro atoms. The predicted molar refractivity (Wildman–Crippen MR) is 125 cm³/mol. The Morgan fingerprint density at radius 2 is 1.45 bits per heavy atom. The van der Waals surface area contributed by atoms with Gasteiger partial charge >= 0.3 is 0 Å². The molecule has 31 heavy (non-hydrogen) atoms. The highest BCUT2D eigenvalue weighted by Crippen LogP contribution is 2.40. The van der Waals surface area contributed by atoms with Crippen molar-refractivity contribution >= 4 is 28.8 Å². The van der Waals surface area contributed by atoms with E-state index in [2.05, 4.69) is 51.5 Å². The zero-order valence-electron chi connectivity index (χ0n) is 18.6. The second kappa shape index (κ2) is 10.4. The predicted octanol–water partition coefficient (Wildman–Crippen LogP) is 4.84. The molecule has 0 saturated heterocycles. The molecule has 0 saturated carbocycles. The smallest absolute Gasteiger partial charge is 0.229 e. The lowest BCUT2D eigenvalue weighted by Crippen LogP contribution is -2.21.